The van der Waals surface area contributed by atoms with E-state index in [0.717, 1.165) is 70.0 Å². The fraction of sp³-hybridized carbons (Fsp3) is 0.618. The van der Waals surface area contributed by atoms with Gasteiger partial charge in [-0.1, -0.05) is 102 Å². The van der Waals surface area contributed by atoms with Gasteiger partial charge in [0.2, 0.25) is 0 Å². The van der Waals surface area contributed by atoms with Crippen molar-refractivity contribution in [1.29, 1.82) is 5.26 Å². The molecule has 3 unspecified atom stereocenters. The SMILES string of the molecule is CCCC(CC)Oc1ccc(-c2ccc(C3CCCC(C#N)(CCCCCCCCCO)C3)cc2)cc1. The van der Waals surface area contributed by atoms with Crippen LogP contribution in [-0.2, 0) is 0 Å². The van der Waals surface area contributed by atoms with E-state index >= 15 is 0 Å². The van der Waals surface area contributed by atoms with Crippen LogP contribution < -0.4 is 4.74 Å². The lowest BCUT2D eigenvalue weighted by molar-refractivity contribution is 0.186. The molecule has 1 aliphatic carbocycles. The molecule has 0 aliphatic heterocycles. The Morgan fingerprint density at radius 1 is 0.919 bits per heavy atom. The summed E-state index contributed by atoms with van der Waals surface area (Å²) in [5.41, 5.74) is 3.69. The van der Waals surface area contributed by atoms with Crippen LogP contribution in [0, 0.1) is 16.7 Å². The first kappa shape index (κ1) is 29.2. The summed E-state index contributed by atoms with van der Waals surface area (Å²) in [6.07, 6.45) is 17.2. The Labute approximate surface area is 226 Å². The number of rotatable bonds is 16. The molecule has 0 saturated heterocycles. The molecule has 0 heterocycles. The molecule has 0 spiro atoms. The van der Waals surface area contributed by atoms with Gasteiger partial charge in [-0.2, -0.15) is 5.26 Å². The van der Waals surface area contributed by atoms with Gasteiger partial charge in [0, 0.05) is 6.61 Å². The van der Waals surface area contributed by atoms with E-state index in [4.69, 9.17) is 9.84 Å². The second-order valence-electron chi connectivity index (χ2n) is 11.2. The maximum atomic E-state index is 10.1. The number of ether oxygens (including phenoxy) is 1. The van der Waals surface area contributed by atoms with Crippen LogP contribution in [0.3, 0.4) is 0 Å². The summed E-state index contributed by atoms with van der Waals surface area (Å²) in [6.45, 7) is 4.71. The standard InChI is InChI=1S/C34H49NO2/c1-3-13-32(4-2)37-33-21-19-29(20-22-33)28-15-17-30(18-16-28)31-14-12-24-34(26-31,27-35)23-10-8-6-5-7-9-11-25-36/h15-22,31-32,36H,3-14,23-26H2,1-2H3. The van der Waals surface area contributed by atoms with E-state index < -0.39 is 0 Å². The van der Waals surface area contributed by atoms with Gasteiger partial charge in [0.1, 0.15) is 5.75 Å². The van der Waals surface area contributed by atoms with E-state index in [0.29, 0.717) is 18.6 Å². The van der Waals surface area contributed by atoms with Crippen molar-refractivity contribution < 1.29 is 9.84 Å². The number of aliphatic hydroxyl groups excluding tert-OH is 1. The zero-order valence-electron chi connectivity index (χ0n) is 23.4. The van der Waals surface area contributed by atoms with Crippen LogP contribution in [0.25, 0.3) is 11.1 Å². The van der Waals surface area contributed by atoms with Crippen LogP contribution in [0.15, 0.2) is 48.5 Å². The molecule has 3 rings (SSSR count). The largest absolute Gasteiger partial charge is 0.490 e. The Morgan fingerprint density at radius 3 is 2.14 bits per heavy atom. The molecule has 0 radical (unpaired) electrons. The molecule has 0 aromatic heterocycles. The van der Waals surface area contributed by atoms with Crippen molar-refractivity contribution in [2.75, 3.05) is 6.61 Å². The highest BCUT2D eigenvalue weighted by Gasteiger charge is 2.36. The van der Waals surface area contributed by atoms with Crippen molar-refractivity contribution in [3.63, 3.8) is 0 Å². The normalized spacial score (nSPS) is 20.3. The average molecular weight is 504 g/mol. The minimum atomic E-state index is -0.150. The maximum Gasteiger partial charge on any atom is 0.119 e. The van der Waals surface area contributed by atoms with Crippen molar-refractivity contribution >= 4 is 0 Å². The molecule has 1 fully saturated rings. The highest BCUT2D eigenvalue weighted by atomic mass is 16.5. The fourth-order valence-electron chi connectivity index (χ4n) is 6.03. The lowest BCUT2D eigenvalue weighted by Gasteiger charge is -2.36. The third-order valence-corrected chi connectivity index (χ3v) is 8.33. The van der Waals surface area contributed by atoms with E-state index in [1.54, 1.807) is 0 Å². The summed E-state index contributed by atoms with van der Waals surface area (Å²) in [4.78, 5) is 0. The van der Waals surface area contributed by atoms with Crippen LogP contribution in [0.1, 0.15) is 122 Å². The number of unbranched alkanes of at least 4 members (excludes halogenated alkanes) is 6. The highest BCUT2D eigenvalue weighted by molar-refractivity contribution is 5.64. The summed E-state index contributed by atoms with van der Waals surface area (Å²) >= 11 is 0. The molecule has 3 atom stereocenters. The van der Waals surface area contributed by atoms with Gasteiger partial charge in [-0.05, 0) is 79.7 Å². The topological polar surface area (TPSA) is 53.2 Å². The van der Waals surface area contributed by atoms with E-state index in [1.807, 2.05) is 0 Å². The molecule has 1 aliphatic rings. The number of hydrogen-bond donors (Lipinski definition) is 1. The number of nitriles is 1. The van der Waals surface area contributed by atoms with Crippen LogP contribution in [0.2, 0.25) is 0 Å². The molecular formula is C34H49NO2. The summed E-state index contributed by atoms with van der Waals surface area (Å²) in [5, 5.41) is 19.0. The number of nitrogens with zero attached hydrogens (tertiary/aromatic N) is 1. The number of hydrogen-bond acceptors (Lipinski definition) is 3. The van der Waals surface area contributed by atoms with Crippen LogP contribution >= 0.6 is 0 Å². The predicted molar refractivity (Wildman–Crippen MR) is 155 cm³/mol. The minimum absolute atomic E-state index is 0.150. The molecule has 37 heavy (non-hydrogen) atoms. The Morgan fingerprint density at radius 2 is 1.54 bits per heavy atom. The molecule has 1 N–H and O–H groups in total. The van der Waals surface area contributed by atoms with E-state index in [-0.39, 0.29) is 5.41 Å². The highest BCUT2D eigenvalue weighted by Crippen LogP contribution is 2.47. The number of benzene rings is 2. The average Bonchev–Trinajstić information content (AvgIpc) is 2.95. The first-order chi connectivity index (χ1) is 18.1. The van der Waals surface area contributed by atoms with Gasteiger partial charge in [0.05, 0.1) is 17.6 Å². The molecule has 0 bridgehead atoms. The van der Waals surface area contributed by atoms with Gasteiger partial charge in [-0.25, -0.2) is 0 Å². The molecule has 3 nitrogen and oxygen atoms in total. The Balaban J connectivity index is 1.52. The third-order valence-electron chi connectivity index (χ3n) is 8.33. The lowest BCUT2D eigenvalue weighted by Crippen LogP contribution is -2.26. The van der Waals surface area contributed by atoms with Crippen molar-refractivity contribution in [2.45, 2.75) is 122 Å². The van der Waals surface area contributed by atoms with E-state index in [2.05, 4.69) is 68.4 Å². The summed E-state index contributed by atoms with van der Waals surface area (Å²) in [6, 6.07) is 20.4. The smallest absolute Gasteiger partial charge is 0.119 e. The van der Waals surface area contributed by atoms with Gasteiger partial charge in [0.25, 0.3) is 0 Å². The van der Waals surface area contributed by atoms with Crippen molar-refractivity contribution in [2.24, 2.45) is 5.41 Å². The first-order valence-electron chi connectivity index (χ1n) is 15.0. The quantitative estimate of drug-likeness (QED) is 0.232. The fourth-order valence-corrected chi connectivity index (χ4v) is 6.03. The van der Waals surface area contributed by atoms with Crippen molar-refractivity contribution in [3.05, 3.63) is 54.1 Å². The molecule has 2 aromatic rings. The molecule has 0 amide bonds. The predicted octanol–water partition coefficient (Wildman–Crippen LogP) is 9.59. The van der Waals surface area contributed by atoms with Gasteiger partial charge in [0.15, 0.2) is 0 Å². The van der Waals surface area contributed by atoms with Crippen LogP contribution in [0.5, 0.6) is 5.75 Å². The lowest BCUT2D eigenvalue weighted by atomic mass is 9.66. The Kier molecular flexibility index (Phi) is 12.5. The Hall–Kier alpha value is -2.31. The molecule has 1 saturated carbocycles. The molecule has 3 heteroatoms. The van der Waals surface area contributed by atoms with Gasteiger partial charge >= 0.3 is 0 Å². The number of aliphatic hydroxyl groups is 1. The zero-order valence-corrected chi connectivity index (χ0v) is 23.4. The maximum absolute atomic E-state index is 10.1. The minimum Gasteiger partial charge on any atom is -0.490 e. The zero-order chi connectivity index (χ0) is 26.3. The van der Waals surface area contributed by atoms with Crippen LogP contribution in [0.4, 0.5) is 0 Å². The first-order valence-corrected chi connectivity index (χ1v) is 15.0. The second kappa shape index (κ2) is 15.8. The van der Waals surface area contributed by atoms with Crippen LogP contribution in [-0.4, -0.2) is 17.8 Å². The molecule has 2 aromatic carbocycles. The second-order valence-corrected chi connectivity index (χ2v) is 11.2. The molecular weight excluding hydrogens is 454 g/mol. The third kappa shape index (κ3) is 9.19. The summed E-state index contributed by atoms with van der Waals surface area (Å²) in [5.74, 6) is 1.44. The van der Waals surface area contributed by atoms with E-state index in [1.165, 1.54) is 48.8 Å². The summed E-state index contributed by atoms with van der Waals surface area (Å²) in [7, 11) is 0. The Bertz CT molecular complexity index is 930. The summed E-state index contributed by atoms with van der Waals surface area (Å²) < 4.78 is 6.15. The van der Waals surface area contributed by atoms with Gasteiger partial charge < -0.3 is 9.84 Å². The molecule has 202 valence electrons. The van der Waals surface area contributed by atoms with E-state index in [9.17, 15) is 5.26 Å². The monoisotopic (exact) mass is 503 g/mol. The van der Waals surface area contributed by atoms with Crippen molar-refractivity contribution in [1.82, 2.24) is 0 Å². The van der Waals surface area contributed by atoms with Crippen molar-refractivity contribution in [3.8, 4) is 22.9 Å². The van der Waals surface area contributed by atoms with Gasteiger partial charge in [-0.3, -0.25) is 0 Å². The van der Waals surface area contributed by atoms with Gasteiger partial charge in [-0.15, -0.1) is 0 Å².